The maximum Gasteiger partial charge on any atom is 0.338 e. The number of sulfonamides is 1. The molecule has 0 aromatic heterocycles. The minimum Gasteiger partial charge on any atom is -0.497 e. The summed E-state index contributed by atoms with van der Waals surface area (Å²) in [5, 5.41) is 2.66. The third-order valence-electron chi connectivity index (χ3n) is 4.06. The van der Waals surface area contributed by atoms with E-state index in [1.807, 2.05) is 0 Å². The van der Waals surface area contributed by atoms with Crippen molar-refractivity contribution < 1.29 is 27.5 Å². The smallest absolute Gasteiger partial charge is 0.338 e. The van der Waals surface area contributed by atoms with E-state index in [2.05, 4.69) is 5.32 Å². The van der Waals surface area contributed by atoms with Gasteiger partial charge in [-0.3, -0.25) is 9.10 Å². The Hall–Kier alpha value is -3.07. The number of esters is 1. The molecule has 0 bridgehead atoms. The third-order valence-corrected chi connectivity index (χ3v) is 5.30. The van der Waals surface area contributed by atoms with E-state index >= 15 is 0 Å². The Labute approximate surface area is 170 Å². The second-order valence-corrected chi connectivity index (χ2v) is 8.08. The summed E-state index contributed by atoms with van der Waals surface area (Å²) in [5.41, 5.74) is 1.09. The highest BCUT2D eigenvalue weighted by molar-refractivity contribution is 7.92. The van der Waals surface area contributed by atoms with Crippen LogP contribution < -0.4 is 14.4 Å². The lowest BCUT2D eigenvalue weighted by Crippen LogP contribution is -2.45. The highest BCUT2D eigenvalue weighted by Gasteiger charge is 2.29. The van der Waals surface area contributed by atoms with Gasteiger partial charge in [-0.05, 0) is 50.2 Å². The van der Waals surface area contributed by atoms with Crippen molar-refractivity contribution in [3.63, 3.8) is 0 Å². The zero-order valence-electron chi connectivity index (χ0n) is 16.7. The fourth-order valence-electron chi connectivity index (χ4n) is 2.71. The number of anilines is 2. The molecule has 29 heavy (non-hydrogen) atoms. The molecule has 0 heterocycles. The van der Waals surface area contributed by atoms with Gasteiger partial charge in [-0.15, -0.1) is 0 Å². The summed E-state index contributed by atoms with van der Waals surface area (Å²) in [6, 6.07) is 11.6. The van der Waals surface area contributed by atoms with Crippen LogP contribution in [0.15, 0.2) is 48.5 Å². The van der Waals surface area contributed by atoms with Crippen LogP contribution in [0.2, 0.25) is 0 Å². The fourth-order valence-corrected chi connectivity index (χ4v) is 3.87. The van der Waals surface area contributed by atoms with Crippen LogP contribution in [0.4, 0.5) is 11.4 Å². The lowest BCUT2D eigenvalue weighted by Gasteiger charge is -2.28. The van der Waals surface area contributed by atoms with Crippen molar-refractivity contribution in [3.05, 3.63) is 54.1 Å². The molecule has 9 heteroatoms. The quantitative estimate of drug-likeness (QED) is 0.659. The van der Waals surface area contributed by atoms with E-state index in [0.29, 0.717) is 22.7 Å². The molecule has 1 amide bonds. The van der Waals surface area contributed by atoms with Crippen molar-refractivity contribution in [3.8, 4) is 5.75 Å². The highest BCUT2D eigenvalue weighted by Crippen LogP contribution is 2.25. The molecule has 0 saturated carbocycles. The molecule has 0 radical (unpaired) electrons. The number of amides is 1. The first kappa shape index (κ1) is 22.2. The first-order valence-electron chi connectivity index (χ1n) is 8.89. The molecule has 0 spiro atoms. The second-order valence-electron chi connectivity index (χ2n) is 6.22. The Morgan fingerprint density at radius 2 is 1.79 bits per heavy atom. The SMILES string of the molecule is CCOC(=O)c1ccc(NC(=O)C(C)N(c2cccc(OC)c2)S(C)(=O)=O)cc1. The van der Waals surface area contributed by atoms with Gasteiger partial charge in [0.2, 0.25) is 15.9 Å². The number of methoxy groups -OCH3 is 1. The molecule has 0 aliphatic carbocycles. The van der Waals surface area contributed by atoms with Gasteiger partial charge in [-0.25, -0.2) is 13.2 Å². The molecule has 1 N–H and O–H groups in total. The van der Waals surface area contributed by atoms with Crippen LogP contribution in [0.3, 0.4) is 0 Å². The van der Waals surface area contributed by atoms with Crippen LogP contribution in [-0.4, -0.2) is 46.3 Å². The fraction of sp³-hybridized carbons (Fsp3) is 0.300. The number of benzene rings is 2. The molecule has 0 saturated heterocycles. The lowest BCUT2D eigenvalue weighted by molar-refractivity contribution is -0.116. The summed E-state index contributed by atoms with van der Waals surface area (Å²) in [4.78, 5) is 24.4. The predicted molar refractivity (Wildman–Crippen MR) is 111 cm³/mol. The average molecular weight is 420 g/mol. The molecule has 2 aromatic rings. The summed E-state index contributed by atoms with van der Waals surface area (Å²) in [7, 11) is -2.28. The minimum atomic E-state index is -3.75. The Morgan fingerprint density at radius 3 is 2.34 bits per heavy atom. The monoisotopic (exact) mass is 420 g/mol. The molecule has 1 atom stereocenters. The second kappa shape index (κ2) is 9.42. The summed E-state index contributed by atoms with van der Waals surface area (Å²) >= 11 is 0. The number of hydrogen-bond acceptors (Lipinski definition) is 6. The molecule has 156 valence electrons. The van der Waals surface area contributed by atoms with Gasteiger partial charge < -0.3 is 14.8 Å². The van der Waals surface area contributed by atoms with Crippen molar-refractivity contribution in [2.24, 2.45) is 0 Å². The van der Waals surface area contributed by atoms with Crippen molar-refractivity contribution in [2.45, 2.75) is 19.9 Å². The first-order chi connectivity index (χ1) is 13.7. The zero-order chi connectivity index (χ0) is 21.6. The van der Waals surface area contributed by atoms with Crippen molar-refractivity contribution in [1.82, 2.24) is 0 Å². The topological polar surface area (TPSA) is 102 Å². The molecule has 0 aliphatic rings. The zero-order valence-corrected chi connectivity index (χ0v) is 17.5. The van der Waals surface area contributed by atoms with Gasteiger partial charge in [0.15, 0.2) is 0 Å². The lowest BCUT2D eigenvalue weighted by atomic mass is 10.2. The maximum atomic E-state index is 12.7. The summed E-state index contributed by atoms with van der Waals surface area (Å²) in [5.74, 6) is -0.513. The molecule has 8 nitrogen and oxygen atoms in total. The van der Waals surface area contributed by atoms with Gasteiger partial charge in [0.1, 0.15) is 11.8 Å². The van der Waals surface area contributed by atoms with Crippen molar-refractivity contribution in [1.29, 1.82) is 0 Å². The van der Waals surface area contributed by atoms with Crippen LogP contribution in [0, 0.1) is 0 Å². The predicted octanol–water partition coefficient (Wildman–Crippen LogP) is 2.67. The normalized spacial score (nSPS) is 12.0. The molecule has 2 rings (SSSR count). The van der Waals surface area contributed by atoms with Gasteiger partial charge in [-0.1, -0.05) is 6.07 Å². The van der Waals surface area contributed by atoms with Crippen LogP contribution in [-0.2, 0) is 19.6 Å². The first-order valence-corrected chi connectivity index (χ1v) is 10.7. The highest BCUT2D eigenvalue weighted by atomic mass is 32.2. The van der Waals surface area contributed by atoms with Crippen molar-refractivity contribution >= 4 is 33.3 Å². The van der Waals surface area contributed by atoms with Crippen LogP contribution in [0.25, 0.3) is 0 Å². The van der Waals surface area contributed by atoms with E-state index in [1.165, 1.54) is 26.2 Å². The van der Waals surface area contributed by atoms with Crippen molar-refractivity contribution in [2.75, 3.05) is 29.6 Å². The summed E-state index contributed by atoms with van der Waals surface area (Å²) in [6.07, 6.45) is 1.03. The maximum absolute atomic E-state index is 12.7. The van der Waals surface area contributed by atoms with E-state index < -0.39 is 27.9 Å². The average Bonchev–Trinajstić information content (AvgIpc) is 2.67. The van der Waals surface area contributed by atoms with Gasteiger partial charge in [-0.2, -0.15) is 0 Å². The number of carbonyl (C=O) groups excluding carboxylic acids is 2. The van der Waals surface area contributed by atoms with Gasteiger partial charge in [0, 0.05) is 11.8 Å². The van der Waals surface area contributed by atoms with Crippen LogP contribution >= 0.6 is 0 Å². The molecular formula is C20H24N2O6S. The molecule has 0 aliphatic heterocycles. The van der Waals surface area contributed by atoms with Crippen LogP contribution in [0.5, 0.6) is 5.75 Å². The van der Waals surface area contributed by atoms with Crippen LogP contribution in [0.1, 0.15) is 24.2 Å². The summed E-state index contributed by atoms with van der Waals surface area (Å²) in [6.45, 7) is 3.47. The van der Waals surface area contributed by atoms with E-state index in [1.54, 1.807) is 43.3 Å². The number of carbonyl (C=O) groups is 2. The largest absolute Gasteiger partial charge is 0.497 e. The number of hydrogen-bond donors (Lipinski definition) is 1. The number of nitrogens with zero attached hydrogens (tertiary/aromatic N) is 1. The number of nitrogens with one attached hydrogen (secondary N) is 1. The van der Waals surface area contributed by atoms with Gasteiger partial charge in [0.05, 0.1) is 31.2 Å². The third kappa shape index (κ3) is 5.71. The van der Waals surface area contributed by atoms with E-state index in [-0.39, 0.29) is 6.61 Å². The van der Waals surface area contributed by atoms with Gasteiger partial charge >= 0.3 is 5.97 Å². The number of ether oxygens (including phenoxy) is 2. The Bertz CT molecular complexity index is 973. The molecule has 0 fully saturated rings. The Balaban J connectivity index is 2.22. The summed E-state index contributed by atoms with van der Waals surface area (Å²) < 4.78 is 35.8. The van der Waals surface area contributed by atoms with E-state index in [9.17, 15) is 18.0 Å². The Morgan fingerprint density at radius 1 is 1.14 bits per heavy atom. The molecule has 1 unspecified atom stereocenters. The molecular weight excluding hydrogens is 396 g/mol. The standard InChI is InChI=1S/C20H24N2O6S/c1-5-28-20(24)15-9-11-16(12-10-15)21-19(23)14(2)22(29(4,25)26)17-7-6-8-18(13-17)27-3/h6-14H,5H2,1-4H3,(H,21,23). The minimum absolute atomic E-state index is 0.264. The van der Waals surface area contributed by atoms with Gasteiger partial charge in [0.25, 0.3) is 0 Å². The Kier molecular flexibility index (Phi) is 7.22. The molecule has 2 aromatic carbocycles. The van der Waals surface area contributed by atoms with E-state index in [0.717, 1.165) is 10.6 Å². The van der Waals surface area contributed by atoms with E-state index in [4.69, 9.17) is 9.47 Å². The number of rotatable bonds is 8.